The molecule has 7 heteroatoms. The summed E-state index contributed by atoms with van der Waals surface area (Å²) in [4.78, 5) is 29.7. The summed E-state index contributed by atoms with van der Waals surface area (Å²) in [6, 6.07) is 23.8. The molecule has 0 bridgehead atoms. The fourth-order valence-electron chi connectivity index (χ4n) is 4.75. The van der Waals surface area contributed by atoms with Crippen LogP contribution in [0.4, 0.5) is 11.4 Å². The summed E-state index contributed by atoms with van der Waals surface area (Å²) in [5.74, 6) is 0.136. The van der Waals surface area contributed by atoms with Gasteiger partial charge in [0.15, 0.2) is 0 Å². The molecule has 192 valence electrons. The molecule has 3 aromatic rings. The van der Waals surface area contributed by atoms with E-state index in [0.29, 0.717) is 38.0 Å². The van der Waals surface area contributed by atoms with Crippen molar-refractivity contribution in [2.75, 3.05) is 29.4 Å². The molecule has 0 atom stereocenters. The third kappa shape index (κ3) is 6.76. The Kier molecular flexibility index (Phi) is 8.56. The van der Waals surface area contributed by atoms with E-state index in [1.54, 1.807) is 0 Å². The lowest BCUT2D eigenvalue weighted by molar-refractivity contribution is -0.120. The van der Waals surface area contributed by atoms with Crippen LogP contribution in [0.5, 0.6) is 0 Å². The van der Waals surface area contributed by atoms with E-state index in [1.165, 1.54) is 0 Å². The first-order valence-electron chi connectivity index (χ1n) is 12.9. The van der Waals surface area contributed by atoms with Gasteiger partial charge in [-0.15, -0.1) is 0 Å². The molecule has 0 spiro atoms. The van der Waals surface area contributed by atoms with Gasteiger partial charge in [0.1, 0.15) is 5.84 Å². The average molecular weight is 498 g/mol. The zero-order valence-corrected chi connectivity index (χ0v) is 21.4. The number of nitrogens with zero attached hydrogens (tertiary/aromatic N) is 2. The van der Waals surface area contributed by atoms with E-state index in [-0.39, 0.29) is 24.2 Å². The summed E-state index contributed by atoms with van der Waals surface area (Å²) in [6.07, 6.45) is 2.86. The number of amidine groups is 1. The predicted molar refractivity (Wildman–Crippen MR) is 149 cm³/mol. The molecule has 4 rings (SSSR count). The van der Waals surface area contributed by atoms with Gasteiger partial charge < -0.3 is 20.9 Å². The first-order chi connectivity index (χ1) is 17.9. The molecule has 0 radical (unpaired) electrons. The number of hydrogen-bond donors (Lipinski definition) is 3. The number of carbonyl (C=O) groups excluding carboxylic acids is 2. The molecule has 0 unspecified atom stereocenters. The van der Waals surface area contributed by atoms with Crippen LogP contribution in [0, 0.1) is 5.41 Å². The first kappa shape index (κ1) is 25.9. The van der Waals surface area contributed by atoms with Crippen LogP contribution >= 0.6 is 0 Å². The number of benzene rings is 3. The van der Waals surface area contributed by atoms with Crippen LogP contribution < -0.4 is 20.9 Å². The van der Waals surface area contributed by atoms with Crippen LogP contribution in [0.15, 0.2) is 72.8 Å². The molecular weight excluding hydrogens is 462 g/mol. The van der Waals surface area contributed by atoms with Gasteiger partial charge in [-0.2, -0.15) is 0 Å². The molecule has 4 N–H and O–H groups in total. The fraction of sp³-hybridized carbons (Fsp3) is 0.300. The van der Waals surface area contributed by atoms with Gasteiger partial charge in [0.25, 0.3) is 0 Å². The summed E-state index contributed by atoms with van der Waals surface area (Å²) in [5.41, 5.74) is 11.5. The molecule has 7 nitrogen and oxygen atoms in total. The van der Waals surface area contributed by atoms with Crippen LogP contribution in [0.3, 0.4) is 0 Å². The topological polar surface area (TPSA) is 103 Å². The second-order valence-electron chi connectivity index (χ2n) is 9.37. The molecular formula is C30H35N5O2. The van der Waals surface area contributed by atoms with Crippen molar-refractivity contribution in [1.29, 1.82) is 5.41 Å². The van der Waals surface area contributed by atoms with E-state index in [1.807, 2.05) is 66.4 Å². The van der Waals surface area contributed by atoms with Crippen molar-refractivity contribution >= 4 is 29.0 Å². The number of likely N-dealkylation sites (N-methyl/N-ethyl adjacent to an activating group) is 1. The van der Waals surface area contributed by atoms with Crippen LogP contribution in [-0.4, -0.2) is 37.3 Å². The molecule has 1 aliphatic rings. The molecule has 37 heavy (non-hydrogen) atoms. The minimum atomic E-state index is -0.00992. The molecule has 1 heterocycles. The maximum absolute atomic E-state index is 13.2. The van der Waals surface area contributed by atoms with Gasteiger partial charge in [0.2, 0.25) is 11.8 Å². The number of rotatable bonds is 10. The van der Waals surface area contributed by atoms with Crippen molar-refractivity contribution in [3.8, 4) is 0 Å². The van der Waals surface area contributed by atoms with Gasteiger partial charge in [-0.1, -0.05) is 54.6 Å². The highest BCUT2D eigenvalue weighted by atomic mass is 16.2. The number of nitrogen functional groups attached to an aromatic ring is 1. The van der Waals surface area contributed by atoms with E-state index in [0.717, 1.165) is 40.9 Å². The lowest BCUT2D eigenvalue weighted by atomic mass is 9.99. The van der Waals surface area contributed by atoms with Crippen molar-refractivity contribution in [3.63, 3.8) is 0 Å². The lowest BCUT2D eigenvalue weighted by Gasteiger charge is -2.32. The SMILES string of the molecule is CCNC(=O)CN(Cc1ccccc1)c1ccc2c(c1)CCCN2C(=O)CCc1ccc(C(=N)N)cc1. The van der Waals surface area contributed by atoms with Crippen LogP contribution in [0.2, 0.25) is 0 Å². The largest absolute Gasteiger partial charge is 0.384 e. The third-order valence-electron chi connectivity index (χ3n) is 6.67. The number of amides is 2. The van der Waals surface area contributed by atoms with Gasteiger partial charge >= 0.3 is 0 Å². The summed E-state index contributed by atoms with van der Waals surface area (Å²) >= 11 is 0. The molecule has 0 aliphatic carbocycles. The van der Waals surface area contributed by atoms with Crippen LogP contribution in [-0.2, 0) is 29.0 Å². The van der Waals surface area contributed by atoms with Gasteiger partial charge in [-0.05, 0) is 61.1 Å². The highest BCUT2D eigenvalue weighted by Crippen LogP contribution is 2.32. The predicted octanol–water partition coefficient (Wildman–Crippen LogP) is 4.03. The fourth-order valence-corrected chi connectivity index (χ4v) is 4.75. The minimum Gasteiger partial charge on any atom is -0.384 e. The third-order valence-corrected chi connectivity index (χ3v) is 6.67. The van der Waals surface area contributed by atoms with E-state index in [2.05, 4.69) is 28.4 Å². The van der Waals surface area contributed by atoms with E-state index in [9.17, 15) is 9.59 Å². The maximum atomic E-state index is 13.2. The molecule has 0 saturated carbocycles. The Labute approximate surface area is 218 Å². The second-order valence-corrected chi connectivity index (χ2v) is 9.37. The number of fused-ring (bicyclic) bond motifs is 1. The summed E-state index contributed by atoms with van der Waals surface area (Å²) < 4.78 is 0. The number of nitrogens with two attached hydrogens (primary N) is 1. The van der Waals surface area contributed by atoms with Gasteiger partial charge in [0.05, 0.1) is 6.54 Å². The van der Waals surface area contributed by atoms with Gasteiger partial charge in [-0.25, -0.2) is 0 Å². The maximum Gasteiger partial charge on any atom is 0.239 e. The average Bonchev–Trinajstić information content (AvgIpc) is 2.91. The highest BCUT2D eigenvalue weighted by Gasteiger charge is 2.24. The Morgan fingerprint density at radius 1 is 1.03 bits per heavy atom. The zero-order chi connectivity index (χ0) is 26.2. The Morgan fingerprint density at radius 3 is 2.49 bits per heavy atom. The number of carbonyl (C=O) groups is 2. The van der Waals surface area contributed by atoms with E-state index < -0.39 is 0 Å². The number of anilines is 2. The van der Waals surface area contributed by atoms with Crippen LogP contribution in [0.1, 0.15) is 42.0 Å². The first-order valence-corrected chi connectivity index (χ1v) is 12.9. The molecule has 1 aliphatic heterocycles. The smallest absolute Gasteiger partial charge is 0.239 e. The van der Waals surface area contributed by atoms with Crippen molar-refractivity contribution < 1.29 is 9.59 Å². The Hall–Kier alpha value is -4.13. The Bertz CT molecular complexity index is 1240. The molecule has 0 fully saturated rings. The quantitative estimate of drug-likeness (QED) is 0.291. The summed E-state index contributed by atoms with van der Waals surface area (Å²) in [7, 11) is 0. The van der Waals surface area contributed by atoms with E-state index in [4.69, 9.17) is 11.1 Å². The van der Waals surface area contributed by atoms with Gasteiger partial charge in [0, 0.05) is 43.0 Å². The minimum absolute atomic E-state index is 0.00992. The molecule has 3 aromatic carbocycles. The number of nitrogens with one attached hydrogen (secondary N) is 2. The van der Waals surface area contributed by atoms with Crippen molar-refractivity contribution in [2.45, 2.75) is 39.2 Å². The van der Waals surface area contributed by atoms with Gasteiger partial charge in [-0.3, -0.25) is 15.0 Å². The zero-order valence-electron chi connectivity index (χ0n) is 21.4. The standard InChI is InChI=1S/C30H35N5O2/c1-2-33-28(36)21-34(20-23-7-4-3-5-8-23)26-15-16-27-25(19-26)9-6-18-35(27)29(37)17-12-22-10-13-24(14-11-22)30(31)32/h3-5,7-8,10-11,13-16,19H,2,6,9,12,17-18,20-21H2,1H3,(H3,31,32)(H,33,36). The molecule has 0 saturated heterocycles. The number of hydrogen-bond acceptors (Lipinski definition) is 4. The number of aryl methyl sites for hydroxylation is 2. The van der Waals surface area contributed by atoms with Crippen molar-refractivity contribution in [2.24, 2.45) is 5.73 Å². The highest BCUT2D eigenvalue weighted by molar-refractivity contribution is 5.96. The Morgan fingerprint density at radius 2 is 1.78 bits per heavy atom. The Balaban J connectivity index is 1.49. The van der Waals surface area contributed by atoms with Crippen molar-refractivity contribution in [3.05, 3.63) is 95.1 Å². The molecule has 0 aromatic heterocycles. The molecule has 2 amide bonds. The summed E-state index contributed by atoms with van der Waals surface area (Å²) in [5, 5.41) is 10.4. The van der Waals surface area contributed by atoms with Crippen molar-refractivity contribution in [1.82, 2.24) is 5.32 Å². The normalized spacial score (nSPS) is 12.5. The monoisotopic (exact) mass is 497 g/mol. The second kappa shape index (κ2) is 12.2. The summed E-state index contributed by atoms with van der Waals surface area (Å²) in [6.45, 7) is 4.13. The van der Waals surface area contributed by atoms with E-state index >= 15 is 0 Å². The van der Waals surface area contributed by atoms with Crippen LogP contribution in [0.25, 0.3) is 0 Å². The lowest BCUT2D eigenvalue weighted by Crippen LogP contribution is -2.38.